The number of aromatic amines is 1. The Bertz CT molecular complexity index is 579. The third-order valence-electron chi connectivity index (χ3n) is 3.72. The summed E-state index contributed by atoms with van der Waals surface area (Å²) in [6, 6.07) is 12.2. The molecular formula is C17H24N4O. The smallest absolute Gasteiger partial charge is 0.315 e. The van der Waals surface area contributed by atoms with Crippen LogP contribution >= 0.6 is 0 Å². The number of nitrogens with one attached hydrogen (secondary N) is 3. The average molecular weight is 300 g/mol. The Labute approximate surface area is 131 Å². The van der Waals surface area contributed by atoms with Gasteiger partial charge < -0.3 is 10.6 Å². The number of benzene rings is 1. The topological polar surface area (TPSA) is 69.8 Å². The number of rotatable bonds is 7. The van der Waals surface area contributed by atoms with Crippen LogP contribution in [0.25, 0.3) is 0 Å². The number of carbonyl (C=O) groups is 1. The zero-order chi connectivity index (χ0) is 15.8. The molecule has 22 heavy (non-hydrogen) atoms. The summed E-state index contributed by atoms with van der Waals surface area (Å²) in [5.74, 6) is 0.432. The number of hydrogen-bond acceptors (Lipinski definition) is 2. The summed E-state index contributed by atoms with van der Waals surface area (Å²) in [5, 5.41) is 12.8. The highest BCUT2D eigenvalue weighted by atomic mass is 16.2. The van der Waals surface area contributed by atoms with E-state index in [9.17, 15) is 4.79 Å². The predicted octanol–water partition coefficient (Wildman–Crippen LogP) is 2.97. The Kier molecular flexibility index (Phi) is 6.01. The second-order valence-electron chi connectivity index (χ2n) is 5.45. The minimum Gasteiger partial charge on any atom is -0.338 e. The third kappa shape index (κ3) is 4.91. The van der Waals surface area contributed by atoms with Gasteiger partial charge in [-0.15, -0.1) is 0 Å². The molecule has 2 aromatic rings. The van der Waals surface area contributed by atoms with Crippen LogP contribution in [0.15, 0.2) is 36.4 Å². The molecule has 0 spiro atoms. The van der Waals surface area contributed by atoms with E-state index in [1.165, 1.54) is 5.56 Å². The molecule has 0 saturated heterocycles. The van der Waals surface area contributed by atoms with Crippen molar-refractivity contribution in [2.45, 2.75) is 39.2 Å². The number of aromatic nitrogens is 2. The largest absolute Gasteiger partial charge is 0.338 e. The lowest BCUT2D eigenvalue weighted by Gasteiger charge is -2.12. The standard InChI is InChI=1S/C17H24N4O/c1-3-15-11-16(21-20-15)12-19-17(22)18-10-9-13(2)14-7-5-4-6-8-14/h4-8,11,13H,3,9-10,12H2,1-2H3,(H,20,21)(H2,18,19,22)/t13-/m0/s1. The number of nitrogens with zero attached hydrogens (tertiary/aromatic N) is 1. The molecule has 118 valence electrons. The maximum absolute atomic E-state index is 11.8. The van der Waals surface area contributed by atoms with Gasteiger partial charge in [0.25, 0.3) is 0 Å². The summed E-state index contributed by atoms with van der Waals surface area (Å²) < 4.78 is 0. The maximum atomic E-state index is 11.8. The minimum atomic E-state index is -0.145. The van der Waals surface area contributed by atoms with E-state index < -0.39 is 0 Å². The molecule has 0 fully saturated rings. The Morgan fingerprint density at radius 3 is 2.73 bits per heavy atom. The highest BCUT2D eigenvalue weighted by Crippen LogP contribution is 2.17. The molecule has 1 heterocycles. The van der Waals surface area contributed by atoms with E-state index in [1.807, 2.05) is 31.2 Å². The summed E-state index contributed by atoms with van der Waals surface area (Å²) in [6.07, 6.45) is 1.81. The molecule has 1 aromatic heterocycles. The van der Waals surface area contributed by atoms with Crippen molar-refractivity contribution in [2.24, 2.45) is 0 Å². The van der Waals surface area contributed by atoms with Crippen molar-refractivity contribution in [1.82, 2.24) is 20.8 Å². The summed E-state index contributed by atoms with van der Waals surface area (Å²) >= 11 is 0. The van der Waals surface area contributed by atoms with Crippen molar-refractivity contribution in [3.8, 4) is 0 Å². The molecule has 0 bridgehead atoms. The number of hydrogen-bond donors (Lipinski definition) is 3. The number of carbonyl (C=O) groups excluding carboxylic acids is 1. The van der Waals surface area contributed by atoms with E-state index in [0.29, 0.717) is 19.0 Å². The fraction of sp³-hybridized carbons (Fsp3) is 0.412. The van der Waals surface area contributed by atoms with Gasteiger partial charge in [0.05, 0.1) is 17.9 Å². The van der Waals surface area contributed by atoms with Gasteiger partial charge in [-0.3, -0.25) is 5.10 Å². The van der Waals surface area contributed by atoms with Crippen LogP contribution in [0.4, 0.5) is 4.79 Å². The van der Waals surface area contributed by atoms with Crippen LogP contribution in [0.3, 0.4) is 0 Å². The zero-order valence-corrected chi connectivity index (χ0v) is 13.2. The van der Waals surface area contributed by atoms with E-state index in [4.69, 9.17) is 0 Å². The van der Waals surface area contributed by atoms with Crippen LogP contribution in [0.5, 0.6) is 0 Å². The second-order valence-corrected chi connectivity index (χ2v) is 5.45. The molecule has 5 heteroatoms. The van der Waals surface area contributed by atoms with Crippen LogP contribution in [-0.2, 0) is 13.0 Å². The molecule has 1 aromatic carbocycles. The van der Waals surface area contributed by atoms with Crippen molar-refractivity contribution in [1.29, 1.82) is 0 Å². The van der Waals surface area contributed by atoms with Gasteiger partial charge in [-0.2, -0.15) is 5.10 Å². The molecule has 0 aliphatic rings. The zero-order valence-electron chi connectivity index (χ0n) is 13.2. The van der Waals surface area contributed by atoms with Gasteiger partial charge in [-0.25, -0.2) is 4.79 Å². The molecule has 2 rings (SSSR count). The van der Waals surface area contributed by atoms with E-state index in [-0.39, 0.29) is 6.03 Å². The molecule has 0 aliphatic heterocycles. The average Bonchev–Trinajstić information content (AvgIpc) is 3.02. The Hall–Kier alpha value is -2.30. The lowest BCUT2D eigenvalue weighted by Crippen LogP contribution is -2.36. The molecule has 2 amide bonds. The first kappa shape index (κ1) is 16.1. The van der Waals surface area contributed by atoms with E-state index in [2.05, 4.69) is 39.9 Å². The van der Waals surface area contributed by atoms with Crippen LogP contribution in [0.1, 0.15) is 43.1 Å². The van der Waals surface area contributed by atoms with E-state index in [1.54, 1.807) is 0 Å². The van der Waals surface area contributed by atoms with Crippen LogP contribution < -0.4 is 10.6 Å². The molecule has 1 atom stereocenters. The van der Waals surface area contributed by atoms with Crippen LogP contribution in [0.2, 0.25) is 0 Å². The summed E-state index contributed by atoms with van der Waals surface area (Å²) in [4.78, 5) is 11.8. The van der Waals surface area contributed by atoms with Crippen LogP contribution in [-0.4, -0.2) is 22.8 Å². The van der Waals surface area contributed by atoms with Crippen LogP contribution in [0, 0.1) is 0 Å². The van der Waals surface area contributed by atoms with Crippen molar-refractivity contribution in [3.63, 3.8) is 0 Å². The normalized spacial score (nSPS) is 11.9. The first-order chi connectivity index (χ1) is 10.7. The maximum Gasteiger partial charge on any atom is 0.315 e. The van der Waals surface area contributed by atoms with Crippen molar-refractivity contribution in [2.75, 3.05) is 6.54 Å². The van der Waals surface area contributed by atoms with E-state index in [0.717, 1.165) is 24.2 Å². The summed E-state index contributed by atoms with van der Waals surface area (Å²) in [7, 11) is 0. The predicted molar refractivity (Wildman–Crippen MR) is 87.7 cm³/mol. The molecule has 0 radical (unpaired) electrons. The van der Waals surface area contributed by atoms with Crippen molar-refractivity contribution in [3.05, 3.63) is 53.3 Å². The first-order valence-electron chi connectivity index (χ1n) is 7.78. The lowest BCUT2D eigenvalue weighted by molar-refractivity contribution is 0.240. The highest BCUT2D eigenvalue weighted by Gasteiger charge is 2.06. The van der Waals surface area contributed by atoms with Gasteiger partial charge in [0, 0.05) is 6.54 Å². The highest BCUT2D eigenvalue weighted by molar-refractivity contribution is 5.73. The number of aryl methyl sites for hydroxylation is 1. The minimum absolute atomic E-state index is 0.145. The second kappa shape index (κ2) is 8.22. The molecule has 5 nitrogen and oxygen atoms in total. The van der Waals surface area contributed by atoms with Gasteiger partial charge in [-0.05, 0) is 30.4 Å². The Balaban J connectivity index is 1.65. The summed E-state index contributed by atoms with van der Waals surface area (Å²) in [6.45, 7) is 5.35. The SMILES string of the molecule is CCc1cc(CNC(=O)NCC[C@H](C)c2ccccc2)[nH]n1. The number of H-pyrrole nitrogens is 1. The monoisotopic (exact) mass is 300 g/mol. The summed E-state index contributed by atoms with van der Waals surface area (Å²) in [5.41, 5.74) is 3.23. The molecule has 3 N–H and O–H groups in total. The van der Waals surface area contributed by atoms with Gasteiger partial charge in [0.1, 0.15) is 0 Å². The van der Waals surface area contributed by atoms with Gasteiger partial charge in [-0.1, -0.05) is 44.2 Å². The lowest BCUT2D eigenvalue weighted by atomic mass is 9.98. The molecule has 0 saturated carbocycles. The van der Waals surface area contributed by atoms with E-state index >= 15 is 0 Å². The first-order valence-corrected chi connectivity index (χ1v) is 7.78. The number of urea groups is 1. The number of amides is 2. The van der Waals surface area contributed by atoms with Gasteiger partial charge in [0.15, 0.2) is 0 Å². The van der Waals surface area contributed by atoms with Gasteiger partial charge in [0.2, 0.25) is 0 Å². The fourth-order valence-electron chi connectivity index (χ4n) is 2.27. The Morgan fingerprint density at radius 2 is 2.05 bits per heavy atom. The van der Waals surface area contributed by atoms with Gasteiger partial charge >= 0.3 is 6.03 Å². The molecular weight excluding hydrogens is 276 g/mol. The molecule has 0 aliphatic carbocycles. The van der Waals surface area contributed by atoms with Crippen molar-refractivity contribution >= 4 is 6.03 Å². The molecule has 0 unspecified atom stereocenters. The quantitative estimate of drug-likeness (QED) is 0.735. The van der Waals surface area contributed by atoms with Crippen molar-refractivity contribution < 1.29 is 4.79 Å². The fourth-order valence-corrected chi connectivity index (χ4v) is 2.27. The third-order valence-corrected chi connectivity index (χ3v) is 3.72. The Morgan fingerprint density at radius 1 is 1.27 bits per heavy atom.